The molecule has 1 amide bonds. The van der Waals surface area contributed by atoms with Crippen molar-refractivity contribution in [2.24, 2.45) is 0 Å². The summed E-state index contributed by atoms with van der Waals surface area (Å²) in [5.74, 6) is -0.0311. The molecule has 0 saturated carbocycles. The van der Waals surface area contributed by atoms with Gasteiger partial charge in [0, 0.05) is 6.42 Å². The predicted octanol–water partition coefficient (Wildman–Crippen LogP) is 1.77. The molecule has 0 aliphatic heterocycles. The van der Waals surface area contributed by atoms with Crippen molar-refractivity contribution in [1.29, 1.82) is 0 Å². The summed E-state index contributed by atoms with van der Waals surface area (Å²) in [7, 11) is 0. The molecule has 0 spiro atoms. The van der Waals surface area contributed by atoms with E-state index in [1.807, 2.05) is 16.8 Å². The lowest BCUT2D eigenvalue weighted by molar-refractivity contribution is -0.126. The van der Waals surface area contributed by atoms with Gasteiger partial charge in [-0.1, -0.05) is 6.92 Å². The number of nitrogens with one attached hydrogen (secondary N) is 1. The van der Waals surface area contributed by atoms with E-state index in [1.54, 1.807) is 25.2 Å². The molecule has 0 saturated heterocycles. The molecule has 4 heteroatoms. The molecule has 0 aromatic carbocycles. The second-order valence-electron chi connectivity index (χ2n) is 3.42. The van der Waals surface area contributed by atoms with Crippen LogP contribution in [0.1, 0.15) is 25.8 Å². The smallest absolute Gasteiger partial charge is 0.225 e. The fourth-order valence-electron chi connectivity index (χ4n) is 1.26. The highest BCUT2D eigenvalue weighted by atomic mass is 32.1. The van der Waals surface area contributed by atoms with Gasteiger partial charge >= 0.3 is 0 Å². The fraction of sp³-hybridized carbons (Fsp3) is 0.455. The van der Waals surface area contributed by atoms with Crippen LogP contribution in [0.2, 0.25) is 0 Å². The number of hydrogen-bond donors (Lipinski definition) is 1. The summed E-state index contributed by atoms with van der Waals surface area (Å²) in [6.45, 7) is 3.52. The Labute approximate surface area is 93.5 Å². The average Bonchev–Trinajstić information content (AvgIpc) is 2.68. The molecule has 1 N–H and O–H groups in total. The van der Waals surface area contributed by atoms with Crippen molar-refractivity contribution < 1.29 is 9.59 Å². The molecule has 0 fully saturated rings. The lowest BCUT2D eigenvalue weighted by Crippen LogP contribution is -2.38. The summed E-state index contributed by atoms with van der Waals surface area (Å²) >= 11 is 1.56. The zero-order valence-electron chi connectivity index (χ0n) is 8.95. The van der Waals surface area contributed by atoms with Gasteiger partial charge in [-0.15, -0.1) is 0 Å². The summed E-state index contributed by atoms with van der Waals surface area (Å²) in [4.78, 5) is 22.7. The van der Waals surface area contributed by atoms with Crippen molar-refractivity contribution >= 4 is 23.0 Å². The minimum absolute atomic E-state index is 0.0636. The highest BCUT2D eigenvalue weighted by molar-refractivity contribution is 7.07. The van der Waals surface area contributed by atoms with Gasteiger partial charge in [0.25, 0.3) is 0 Å². The zero-order chi connectivity index (χ0) is 11.3. The van der Waals surface area contributed by atoms with E-state index in [-0.39, 0.29) is 17.7 Å². The predicted molar refractivity (Wildman–Crippen MR) is 60.9 cm³/mol. The molecule has 15 heavy (non-hydrogen) atoms. The first-order chi connectivity index (χ1) is 7.13. The van der Waals surface area contributed by atoms with Crippen molar-refractivity contribution in [3.05, 3.63) is 22.4 Å². The van der Waals surface area contributed by atoms with Crippen molar-refractivity contribution in [3.63, 3.8) is 0 Å². The van der Waals surface area contributed by atoms with Crippen LogP contribution in [0.5, 0.6) is 0 Å². The molecule has 1 unspecified atom stereocenters. The fourth-order valence-corrected chi connectivity index (χ4v) is 1.93. The third-order valence-corrected chi connectivity index (χ3v) is 2.89. The Hall–Kier alpha value is -1.16. The van der Waals surface area contributed by atoms with Gasteiger partial charge in [-0.05, 0) is 29.3 Å². The number of carbonyl (C=O) groups excluding carboxylic acids is 2. The number of Topliss-reactive ketones (excluding diaryl/α,β-unsaturated/α-hetero) is 1. The zero-order valence-corrected chi connectivity index (χ0v) is 9.76. The molecular formula is C11H15NO2S. The van der Waals surface area contributed by atoms with E-state index in [2.05, 4.69) is 5.32 Å². The van der Waals surface area contributed by atoms with E-state index in [0.29, 0.717) is 12.8 Å². The highest BCUT2D eigenvalue weighted by Crippen LogP contribution is 2.06. The first-order valence-electron chi connectivity index (χ1n) is 4.96. The van der Waals surface area contributed by atoms with Gasteiger partial charge in [0.05, 0.1) is 12.5 Å². The van der Waals surface area contributed by atoms with Crippen LogP contribution in [0.4, 0.5) is 0 Å². The molecular weight excluding hydrogens is 210 g/mol. The van der Waals surface area contributed by atoms with Gasteiger partial charge < -0.3 is 5.32 Å². The lowest BCUT2D eigenvalue weighted by Gasteiger charge is -2.11. The molecule has 0 aliphatic carbocycles. The number of ketones is 1. The van der Waals surface area contributed by atoms with Crippen LogP contribution in [-0.4, -0.2) is 17.7 Å². The Morgan fingerprint density at radius 3 is 2.80 bits per heavy atom. The Balaban J connectivity index is 2.39. The Bertz CT molecular complexity index is 332. The second kappa shape index (κ2) is 5.66. The summed E-state index contributed by atoms with van der Waals surface area (Å²) in [5.41, 5.74) is 0.994. The quantitative estimate of drug-likeness (QED) is 0.830. The van der Waals surface area contributed by atoms with Gasteiger partial charge in [0.1, 0.15) is 0 Å². The number of rotatable bonds is 5. The summed E-state index contributed by atoms with van der Waals surface area (Å²) in [5, 5.41) is 6.56. The average molecular weight is 225 g/mol. The van der Waals surface area contributed by atoms with Crippen LogP contribution in [0.25, 0.3) is 0 Å². The molecule has 0 aliphatic rings. The largest absolute Gasteiger partial charge is 0.346 e. The van der Waals surface area contributed by atoms with Gasteiger partial charge in [-0.2, -0.15) is 11.3 Å². The van der Waals surface area contributed by atoms with Crippen molar-refractivity contribution in [1.82, 2.24) is 5.32 Å². The molecule has 1 atom stereocenters. The monoisotopic (exact) mass is 225 g/mol. The van der Waals surface area contributed by atoms with E-state index in [0.717, 1.165) is 5.56 Å². The summed E-state index contributed by atoms with van der Waals surface area (Å²) in [6.07, 6.45) is 0.810. The SMILES string of the molecule is CCC(=O)C(C)NC(=O)Cc1ccsc1. The lowest BCUT2D eigenvalue weighted by atomic mass is 10.1. The Morgan fingerprint density at radius 1 is 1.53 bits per heavy atom. The third kappa shape index (κ3) is 3.83. The van der Waals surface area contributed by atoms with E-state index in [9.17, 15) is 9.59 Å². The van der Waals surface area contributed by atoms with Crippen LogP contribution in [-0.2, 0) is 16.0 Å². The topological polar surface area (TPSA) is 46.2 Å². The number of amides is 1. The molecule has 82 valence electrons. The molecule has 1 aromatic heterocycles. The maximum Gasteiger partial charge on any atom is 0.225 e. The molecule has 1 heterocycles. The Kier molecular flexibility index (Phi) is 4.49. The minimum Gasteiger partial charge on any atom is -0.346 e. The van der Waals surface area contributed by atoms with Crippen LogP contribution in [0, 0.1) is 0 Å². The van der Waals surface area contributed by atoms with Gasteiger partial charge in [0.15, 0.2) is 5.78 Å². The van der Waals surface area contributed by atoms with Crippen molar-refractivity contribution in [3.8, 4) is 0 Å². The van der Waals surface area contributed by atoms with Crippen LogP contribution >= 0.6 is 11.3 Å². The highest BCUT2D eigenvalue weighted by Gasteiger charge is 2.13. The van der Waals surface area contributed by atoms with E-state index < -0.39 is 0 Å². The summed E-state index contributed by atoms with van der Waals surface area (Å²) in [6, 6.07) is 1.54. The van der Waals surface area contributed by atoms with E-state index >= 15 is 0 Å². The molecule has 1 rings (SSSR count). The van der Waals surface area contributed by atoms with Gasteiger partial charge in [-0.25, -0.2) is 0 Å². The van der Waals surface area contributed by atoms with Gasteiger partial charge in [-0.3, -0.25) is 9.59 Å². The number of carbonyl (C=O) groups is 2. The summed E-state index contributed by atoms with van der Waals surface area (Å²) < 4.78 is 0. The normalized spacial score (nSPS) is 12.1. The second-order valence-corrected chi connectivity index (χ2v) is 4.20. The van der Waals surface area contributed by atoms with Crippen LogP contribution < -0.4 is 5.32 Å². The van der Waals surface area contributed by atoms with Crippen molar-refractivity contribution in [2.75, 3.05) is 0 Å². The molecule has 1 aromatic rings. The molecule has 0 bridgehead atoms. The number of hydrogen-bond acceptors (Lipinski definition) is 3. The molecule has 3 nitrogen and oxygen atoms in total. The standard InChI is InChI=1S/C11H15NO2S/c1-3-10(13)8(2)12-11(14)6-9-4-5-15-7-9/h4-5,7-8H,3,6H2,1-2H3,(H,12,14). The Morgan fingerprint density at radius 2 is 2.27 bits per heavy atom. The number of thiophene rings is 1. The van der Waals surface area contributed by atoms with Crippen molar-refractivity contribution in [2.45, 2.75) is 32.7 Å². The van der Waals surface area contributed by atoms with Crippen LogP contribution in [0.15, 0.2) is 16.8 Å². The third-order valence-electron chi connectivity index (χ3n) is 2.15. The van der Waals surface area contributed by atoms with E-state index in [1.165, 1.54) is 0 Å². The minimum atomic E-state index is -0.374. The first-order valence-corrected chi connectivity index (χ1v) is 5.91. The first kappa shape index (κ1) is 11.9. The maximum atomic E-state index is 11.5. The van der Waals surface area contributed by atoms with Gasteiger partial charge in [0.2, 0.25) is 5.91 Å². The van der Waals surface area contributed by atoms with E-state index in [4.69, 9.17) is 0 Å². The maximum absolute atomic E-state index is 11.5. The van der Waals surface area contributed by atoms with Crippen LogP contribution in [0.3, 0.4) is 0 Å². The molecule has 0 radical (unpaired) electrons.